The number of rotatable bonds is 7. The van der Waals surface area contributed by atoms with Gasteiger partial charge in [0.2, 0.25) is 11.8 Å². The van der Waals surface area contributed by atoms with Crippen molar-refractivity contribution in [1.82, 2.24) is 25.3 Å². The Bertz CT molecular complexity index is 810. The number of carbonyl (C=O) groups excluding carboxylic acids is 2. The Morgan fingerprint density at radius 1 is 1.37 bits per heavy atom. The number of aromatic nitrogens is 2. The predicted octanol–water partition coefficient (Wildman–Crippen LogP) is 0.908. The number of piperazine rings is 1. The molecule has 1 aliphatic rings. The topological polar surface area (TPSA) is 92.4 Å². The van der Waals surface area contributed by atoms with Gasteiger partial charge in [0.15, 0.2) is 0 Å². The molecule has 1 aliphatic heterocycles. The van der Waals surface area contributed by atoms with Gasteiger partial charge >= 0.3 is 0 Å². The first-order chi connectivity index (χ1) is 12.9. The molecule has 0 aromatic carbocycles. The lowest BCUT2D eigenvalue weighted by molar-refractivity contribution is -0.134. The fourth-order valence-electron chi connectivity index (χ4n) is 3.39. The van der Waals surface area contributed by atoms with E-state index in [-0.39, 0.29) is 18.2 Å². The van der Waals surface area contributed by atoms with E-state index in [0.29, 0.717) is 32.7 Å². The number of hydrogen-bond donors (Lipinski definition) is 2. The van der Waals surface area contributed by atoms with Crippen molar-refractivity contribution in [3.63, 3.8) is 0 Å². The zero-order valence-corrected chi connectivity index (χ0v) is 16.1. The number of carbonyl (C=O) groups is 2. The van der Waals surface area contributed by atoms with Crippen LogP contribution in [0.15, 0.2) is 22.6 Å². The second-order valence-electron chi connectivity index (χ2n) is 6.99. The quantitative estimate of drug-likeness (QED) is 0.753. The van der Waals surface area contributed by atoms with Crippen molar-refractivity contribution in [3.05, 3.63) is 41.1 Å². The summed E-state index contributed by atoms with van der Waals surface area (Å²) in [6.07, 6.45) is 0.128. The molecule has 3 heterocycles. The monoisotopic (exact) mass is 373 g/mol. The maximum atomic E-state index is 12.4. The van der Waals surface area contributed by atoms with Crippen LogP contribution in [0, 0.1) is 20.8 Å². The second kappa shape index (κ2) is 8.39. The second-order valence-corrected chi connectivity index (χ2v) is 6.99. The van der Waals surface area contributed by atoms with E-state index in [4.69, 9.17) is 4.42 Å². The molecule has 8 nitrogen and oxygen atoms in total. The molecule has 1 atom stereocenters. The smallest absolute Gasteiger partial charge is 0.237 e. The first-order valence-electron chi connectivity index (χ1n) is 9.27. The van der Waals surface area contributed by atoms with Gasteiger partial charge in [0, 0.05) is 25.3 Å². The van der Waals surface area contributed by atoms with Crippen LogP contribution in [0.25, 0.3) is 0 Å². The summed E-state index contributed by atoms with van der Waals surface area (Å²) in [6.45, 7) is 8.69. The van der Waals surface area contributed by atoms with Crippen molar-refractivity contribution >= 4 is 11.8 Å². The third kappa shape index (κ3) is 4.97. The summed E-state index contributed by atoms with van der Waals surface area (Å²) >= 11 is 0. The molecule has 2 N–H and O–H groups in total. The van der Waals surface area contributed by atoms with Gasteiger partial charge in [-0.25, -0.2) is 0 Å². The summed E-state index contributed by atoms with van der Waals surface area (Å²) in [5.74, 6) is 1.39. The maximum absolute atomic E-state index is 12.4. The normalized spacial score (nSPS) is 17.7. The SMILES string of the molecule is Cc1cc(C)n(CCNC(=O)CC2C(=O)NCCN2Cc2ccc(C)o2)n1. The number of hydrogen-bond acceptors (Lipinski definition) is 5. The molecule has 146 valence electrons. The number of nitrogens with one attached hydrogen (secondary N) is 2. The van der Waals surface area contributed by atoms with E-state index in [1.54, 1.807) is 0 Å². The summed E-state index contributed by atoms with van der Waals surface area (Å²) in [5, 5.41) is 10.1. The lowest BCUT2D eigenvalue weighted by Crippen LogP contribution is -2.56. The number of furan rings is 1. The lowest BCUT2D eigenvalue weighted by atomic mass is 10.1. The summed E-state index contributed by atoms with van der Waals surface area (Å²) in [4.78, 5) is 26.7. The van der Waals surface area contributed by atoms with Gasteiger partial charge in [0.1, 0.15) is 11.5 Å². The molecule has 27 heavy (non-hydrogen) atoms. The van der Waals surface area contributed by atoms with Crippen molar-refractivity contribution in [2.75, 3.05) is 19.6 Å². The van der Waals surface area contributed by atoms with Gasteiger partial charge in [-0.2, -0.15) is 5.10 Å². The van der Waals surface area contributed by atoms with Crippen LogP contribution >= 0.6 is 0 Å². The molecule has 2 aromatic rings. The average Bonchev–Trinajstić information content (AvgIpc) is 3.15. The maximum Gasteiger partial charge on any atom is 0.237 e. The van der Waals surface area contributed by atoms with E-state index in [9.17, 15) is 9.59 Å². The minimum atomic E-state index is -0.488. The highest BCUT2D eigenvalue weighted by atomic mass is 16.3. The Morgan fingerprint density at radius 3 is 2.85 bits per heavy atom. The van der Waals surface area contributed by atoms with Gasteiger partial charge in [-0.05, 0) is 39.0 Å². The van der Waals surface area contributed by atoms with Crippen LogP contribution in [0.2, 0.25) is 0 Å². The van der Waals surface area contributed by atoms with Crippen LogP contribution in [0.3, 0.4) is 0 Å². The van der Waals surface area contributed by atoms with Gasteiger partial charge in [-0.3, -0.25) is 19.2 Å². The summed E-state index contributed by atoms with van der Waals surface area (Å²) in [6, 6.07) is 5.33. The van der Waals surface area contributed by atoms with Crippen LogP contribution in [-0.4, -0.2) is 52.2 Å². The van der Waals surface area contributed by atoms with Gasteiger partial charge in [0.05, 0.1) is 31.2 Å². The Hall–Kier alpha value is -2.61. The van der Waals surface area contributed by atoms with Gasteiger partial charge in [-0.1, -0.05) is 0 Å². The van der Waals surface area contributed by atoms with Crippen molar-refractivity contribution < 1.29 is 14.0 Å². The van der Waals surface area contributed by atoms with E-state index in [0.717, 1.165) is 22.9 Å². The molecular formula is C19H27N5O3. The van der Waals surface area contributed by atoms with Gasteiger partial charge in [0.25, 0.3) is 0 Å². The highest BCUT2D eigenvalue weighted by Crippen LogP contribution is 2.15. The minimum Gasteiger partial charge on any atom is -0.465 e. The Balaban J connectivity index is 1.53. The Labute approximate surface area is 158 Å². The standard InChI is InChI=1S/C19H27N5O3/c1-13-10-14(2)24(22-13)9-7-20-18(25)11-17-19(26)21-6-8-23(17)12-16-5-4-15(3)27-16/h4-5,10,17H,6-9,11-12H2,1-3H3,(H,20,25)(H,21,26). The molecular weight excluding hydrogens is 346 g/mol. The molecule has 0 spiro atoms. The first kappa shape index (κ1) is 19.2. The van der Waals surface area contributed by atoms with Crippen LogP contribution in [0.5, 0.6) is 0 Å². The number of nitrogens with zero attached hydrogens (tertiary/aromatic N) is 3. The molecule has 0 bridgehead atoms. The molecule has 1 unspecified atom stereocenters. The van der Waals surface area contributed by atoms with Crippen molar-refractivity contribution in [2.45, 2.75) is 46.3 Å². The van der Waals surface area contributed by atoms with E-state index in [1.165, 1.54) is 0 Å². The van der Waals surface area contributed by atoms with E-state index >= 15 is 0 Å². The largest absolute Gasteiger partial charge is 0.465 e. The fraction of sp³-hybridized carbons (Fsp3) is 0.526. The molecule has 3 rings (SSSR count). The third-order valence-electron chi connectivity index (χ3n) is 4.72. The molecule has 2 amide bonds. The third-order valence-corrected chi connectivity index (χ3v) is 4.72. The summed E-state index contributed by atoms with van der Waals surface area (Å²) < 4.78 is 7.49. The summed E-state index contributed by atoms with van der Waals surface area (Å²) in [7, 11) is 0. The molecule has 1 fully saturated rings. The van der Waals surface area contributed by atoms with Gasteiger partial charge < -0.3 is 15.1 Å². The highest BCUT2D eigenvalue weighted by molar-refractivity contribution is 5.88. The van der Waals surface area contributed by atoms with Crippen molar-refractivity contribution in [3.8, 4) is 0 Å². The first-order valence-corrected chi connectivity index (χ1v) is 9.27. The summed E-state index contributed by atoms with van der Waals surface area (Å²) in [5.41, 5.74) is 2.02. The van der Waals surface area contributed by atoms with Crippen LogP contribution in [0.4, 0.5) is 0 Å². The minimum absolute atomic E-state index is 0.113. The zero-order chi connectivity index (χ0) is 19.4. The van der Waals surface area contributed by atoms with E-state index in [2.05, 4.69) is 15.7 Å². The van der Waals surface area contributed by atoms with Crippen molar-refractivity contribution in [1.29, 1.82) is 0 Å². The molecule has 0 radical (unpaired) electrons. The average molecular weight is 373 g/mol. The molecule has 0 aliphatic carbocycles. The number of aryl methyl sites for hydroxylation is 3. The molecule has 0 saturated carbocycles. The molecule has 1 saturated heterocycles. The Morgan fingerprint density at radius 2 is 2.19 bits per heavy atom. The fourth-order valence-corrected chi connectivity index (χ4v) is 3.39. The lowest BCUT2D eigenvalue weighted by Gasteiger charge is -2.34. The highest BCUT2D eigenvalue weighted by Gasteiger charge is 2.32. The van der Waals surface area contributed by atoms with Crippen molar-refractivity contribution in [2.24, 2.45) is 0 Å². The van der Waals surface area contributed by atoms with Gasteiger partial charge in [-0.15, -0.1) is 0 Å². The zero-order valence-electron chi connectivity index (χ0n) is 16.1. The molecule has 8 heteroatoms. The van der Waals surface area contributed by atoms with E-state index < -0.39 is 6.04 Å². The van der Waals surface area contributed by atoms with Crippen LogP contribution in [-0.2, 0) is 22.7 Å². The van der Waals surface area contributed by atoms with Crippen LogP contribution < -0.4 is 10.6 Å². The number of amides is 2. The van der Waals surface area contributed by atoms with Crippen LogP contribution in [0.1, 0.15) is 29.3 Å². The Kier molecular flexibility index (Phi) is 5.95. The van der Waals surface area contributed by atoms with E-state index in [1.807, 2.05) is 48.6 Å². The molecule has 2 aromatic heterocycles. The predicted molar refractivity (Wildman–Crippen MR) is 100.0 cm³/mol.